The van der Waals surface area contributed by atoms with Crippen molar-refractivity contribution in [3.8, 4) is 0 Å². The highest BCUT2D eigenvalue weighted by Gasteiger charge is 2.49. The van der Waals surface area contributed by atoms with Crippen LogP contribution in [0.3, 0.4) is 0 Å². The van der Waals surface area contributed by atoms with Gasteiger partial charge in [-0.05, 0) is 49.4 Å². The van der Waals surface area contributed by atoms with Crippen LogP contribution in [-0.4, -0.2) is 30.2 Å². The Hall–Kier alpha value is -3.28. The standard InChI is InChI=1S/C24H23NO5/c1-15-7-12-19-20(13-15)23(28)25(22(19)27)18-10-8-17(9-11-18)24(29)30-14-21(26)16-5-3-2-4-6-16/h2-6,8-11,15,19-20H,7,12-14H2,1H3/t15-,19+,20+/m1/s1. The lowest BCUT2D eigenvalue weighted by Crippen LogP contribution is -2.30. The molecular formula is C24H23NO5. The number of anilines is 1. The molecule has 0 spiro atoms. The molecule has 0 unspecified atom stereocenters. The van der Waals surface area contributed by atoms with E-state index in [9.17, 15) is 19.2 Å². The molecule has 0 radical (unpaired) electrons. The summed E-state index contributed by atoms with van der Waals surface area (Å²) >= 11 is 0. The molecule has 6 nitrogen and oxygen atoms in total. The molecule has 2 aliphatic rings. The van der Waals surface area contributed by atoms with E-state index >= 15 is 0 Å². The molecule has 2 fully saturated rings. The van der Waals surface area contributed by atoms with E-state index in [0.29, 0.717) is 17.2 Å². The first-order chi connectivity index (χ1) is 14.5. The number of ether oxygens (including phenoxy) is 1. The maximum atomic E-state index is 12.8. The van der Waals surface area contributed by atoms with E-state index in [1.54, 1.807) is 42.5 Å². The zero-order chi connectivity index (χ0) is 21.3. The van der Waals surface area contributed by atoms with E-state index in [1.165, 1.54) is 17.0 Å². The highest BCUT2D eigenvalue weighted by Crippen LogP contribution is 2.42. The van der Waals surface area contributed by atoms with Gasteiger partial charge in [0.05, 0.1) is 23.1 Å². The SMILES string of the molecule is C[C@@H]1CC[C@@H]2C(=O)N(c3ccc(C(=O)OCC(=O)c4ccccc4)cc3)C(=O)[C@H]2C1. The van der Waals surface area contributed by atoms with Gasteiger partial charge in [-0.25, -0.2) is 4.79 Å². The molecule has 2 amide bonds. The Balaban J connectivity index is 1.41. The van der Waals surface area contributed by atoms with Crippen LogP contribution in [0.25, 0.3) is 0 Å². The predicted octanol–water partition coefficient (Wildman–Crippen LogP) is 3.65. The van der Waals surface area contributed by atoms with Crippen LogP contribution >= 0.6 is 0 Å². The molecular weight excluding hydrogens is 382 g/mol. The molecule has 2 aromatic rings. The molecule has 1 saturated heterocycles. The number of benzene rings is 2. The van der Waals surface area contributed by atoms with Crippen molar-refractivity contribution < 1.29 is 23.9 Å². The van der Waals surface area contributed by atoms with E-state index in [0.717, 1.165) is 19.3 Å². The van der Waals surface area contributed by atoms with Crippen molar-refractivity contribution in [2.24, 2.45) is 17.8 Å². The Labute approximate surface area is 174 Å². The minimum Gasteiger partial charge on any atom is -0.454 e. The van der Waals surface area contributed by atoms with Crippen LogP contribution in [0.1, 0.15) is 46.9 Å². The second-order valence-electron chi connectivity index (χ2n) is 8.06. The number of ketones is 1. The molecule has 154 valence electrons. The lowest BCUT2D eigenvalue weighted by atomic mass is 9.76. The van der Waals surface area contributed by atoms with Gasteiger partial charge in [0.25, 0.3) is 0 Å². The molecule has 4 rings (SSSR count). The van der Waals surface area contributed by atoms with Crippen LogP contribution in [0.15, 0.2) is 54.6 Å². The van der Waals surface area contributed by atoms with Gasteiger partial charge in [-0.3, -0.25) is 19.3 Å². The zero-order valence-electron chi connectivity index (χ0n) is 16.7. The predicted molar refractivity (Wildman–Crippen MR) is 110 cm³/mol. The van der Waals surface area contributed by atoms with E-state index in [-0.39, 0.29) is 41.6 Å². The number of carbonyl (C=O) groups is 4. The maximum absolute atomic E-state index is 12.8. The molecule has 1 aliphatic carbocycles. The average molecular weight is 405 g/mol. The van der Waals surface area contributed by atoms with Crippen LogP contribution in [-0.2, 0) is 14.3 Å². The first-order valence-electron chi connectivity index (χ1n) is 10.2. The molecule has 1 heterocycles. The number of carbonyl (C=O) groups excluding carboxylic acids is 4. The fourth-order valence-corrected chi connectivity index (χ4v) is 4.31. The average Bonchev–Trinajstić information content (AvgIpc) is 3.02. The number of nitrogens with zero attached hydrogens (tertiary/aromatic N) is 1. The highest BCUT2D eigenvalue weighted by molar-refractivity contribution is 6.22. The Bertz CT molecular complexity index is 982. The van der Waals surface area contributed by atoms with Gasteiger partial charge in [0.15, 0.2) is 12.4 Å². The van der Waals surface area contributed by atoms with Crippen LogP contribution in [0.4, 0.5) is 5.69 Å². The van der Waals surface area contributed by atoms with E-state index in [1.807, 2.05) is 0 Å². The number of hydrogen-bond donors (Lipinski definition) is 0. The van der Waals surface area contributed by atoms with Gasteiger partial charge < -0.3 is 4.74 Å². The van der Waals surface area contributed by atoms with Crippen molar-refractivity contribution in [3.05, 3.63) is 65.7 Å². The Morgan fingerprint density at radius 2 is 1.57 bits per heavy atom. The summed E-state index contributed by atoms with van der Waals surface area (Å²) in [5, 5.41) is 0. The summed E-state index contributed by atoms with van der Waals surface area (Å²) in [5.74, 6) is -1.25. The summed E-state index contributed by atoms with van der Waals surface area (Å²) in [6.07, 6.45) is 2.44. The number of imide groups is 1. The van der Waals surface area contributed by atoms with Crippen molar-refractivity contribution in [1.29, 1.82) is 0 Å². The topological polar surface area (TPSA) is 80.8 Å². The van der Waals surface area contributed by atoms with Gasteiger partial charge in [0.1, 0.15) is 0 Å². The normalized spacial score (nSPS) is 23.2. The molecule has 0 bridgehead atoms. The van der Waals surface area contributed by atoms with Crippen LogP contribution in [0, 0.1) is 17.8 Å². The third-order valence-corrected chi connectivity index (χ3v) is 5.98. The number of Topliss-reactive ketones (excluding diaryl/α,β-unsaturated/α-hetero) is 1. The first kappa shape index (κ1) is 20.0. The second kappa shape index (κ2) is 8.22. The summed E-state index contributed by atoms with van der Waals surface area (Å²) in [6, 6.07) is 14.8. The monoisotopic (exact) mass is 405 g/mol. The molecule has 0 aromatic heterocycles. The van der Waals surface area contributed by atoms with Gasteiger partial charge >= 0.3 is 5.97 Å². The minimum absolute atomic E-state index is 0.152. The molecule has 30 heavy (non-hydrogen) atoms. The fraction of sp³-hybridized carbons (Fsp3) is 0.333. The van der Waals surface area contributed by atoms with Crippen LogP contribution in [0.5, 0.6) is 0 Å². The lowest BCUT2D eigenvalue weighted by molar-refractivity contribution is -0.122. The van der Waals surface area contributed by atoms with Gasteiger partial charge in [0, 0.05) is 5.56 Å². The minimum atomic E-state index is -0.632. The number of fused-ring (bicyclic) bond motifs is 1. The lowest BCUT2D eigenvalue weighted by Gasteiger charge is -2.25. The summed E-state index contributed by atoms with van der Waals surface area (Å²) in [7, 11) is 0. The molecule has 2 aromatic carbocycles. The van der Waals surface area contributed by atoms with Crippen molar-refractivity contribution >= 4 is 29.3 Å². The van der Waals surface area contributed by atoms with Gasteiger partial charge in [-0.2, -0.15) is 0 Å². The van der Waals surface area contributed by atoms with Gasteiger partial charge in [-0.15, -0.1) is 0 Å². The Kier molecular flexibility index (Phi) is 5.48. The zero-order valence-corrected chi connectivity index (χ0v) is 16.7. The van der Waals surface area contributed by atoms with Crippen molar-refractivity contribution in [3.63, 3.8) is 0 Å². The highest BCUT2D eigenvalue weighted by atomic mass is 16.5. The summed E-state index contributed by atoms with van der Waals surface area (Å²) in [4.78, 5) is 51.1. The Morgan fingerprint density at radius 1 is 0.900 bits per heavy atom. The molecule has 6 heteroatoms. The maximum Gasteiger partial charge on any atom is 0.338 e. The third-order valence-electron chi connectivity index (χ3n) is 5.98. The first-order valence-corrected chi connectivity index (χ1v) is 10.2. The number of rotatable bonds is 5. The van der Waals surface area contributed by atoms with Gasteiger partial charge in [0.2, 0.25) is 11.8 Å². The van der Waals surface area contributed by atoms with Crippen molar-refractivity contribution in [2.75, 3.05) is 11.5 Å². The fourth-order valence-electron chi connectivity index (χ4n) is 4.31. The molecule has 1 saturated carbocycles. The number of hydrogen-bond acceptors (Lipinski definition) is 5. The molecule has 3 atom stereocenters. The van der Waals surface area contributed by atoms with Crippen molar-refractivity contribution in [2.45, 2.75) is 26.2 Å². The summed E-state index contributed by atoms with van der Waals surface area (Å²) in [6.45, 7) is 1.76. The van der Waals surface area contributed by atoms with Crippen LogP contribution in [0.2, 0.25) is 0 Å². The number of esters is 1. The van der Waals surface area contributed by atoms with Crippen LogP contribution < -0.4 is 4.90 Å². The summed E-state index contributed by atoms with van der Waals surface area (Å²) in [5.41, 5.74) is 1.19. The van der Waals surface area contributed by atoms with Gasteiger partial charge in [-0.1, -0.05) is 37.3 Å². The van der Waals surface area contributed by atoms with E-state index in [2.05, 4.69) is 6.92 Å². The third kappa shape index (κ3) is 3.77. The number of amides is 2. The smallest absolute Gasteiger partial charge is 0.338 e. The van der Waals surface area contributed by atoms with Crippen molar-refractivity contribution in [1.82, 2.24) is 0 Å². The second-order valence-corrected chi connectivity index (χ2v) is 8.06. The quantitative estimate of drug-likeness (QED) is 0.431. The van der Waals surface area contributed by atoms with E-state index in [4.69, 9.17) is 4.74 Å². The van der Waals surface area contributed by atoms with E-state index < -0.39 is 5.97 Å². The Morgan fingerprint density at radius 3 is 2.27 bits per heavy atom. The summed E-state index contributed by atoms with van der Waals surface area (Å²) < 4.78 is 5.10. The molecule has 0 N–H and O–H groups in total. The molecule has 1 aliphatic heterocycles. The largest absolute Gasteiger partial charge is 0.454 e.